The number of esters is 1. The van der Waals surface area contributed by atoms with Gasteiger partial charge in [-0.2, -0.15) is 0 Å². The van der Waals surface area contributed by atoms with Gasteiger partial charge in [0.25, 0.3) is 0 Å². The third-order valence-corrected chi connectivity index (χ3v) is 3.99. The number of carbonyl (C=O) groups is 2. The van der Waals surface area contributed by atoms with E-state index in [2.05, 4.69) is 0 Å². The highest BCUT2D eigenvalue weighted by molar-refractivity contribution is 6.02. The summed E-state index contributed by atoms with van der Waals surface area (Å²) in [6, 6.07) is 0. The fourth-order valence-corrected chi connectivity index (χ4v) is 3.32. The van der Waals surface area contributed by atoms with Crippen LogP contribution in [-0.2, 0) is 23.8 Å². The van der Waals surface area contributed by atoms with Crippen molar-refractivity contribution in [3.05, 3.63) is 23.3 Å². The summed E-state index contributed by atoms with van der Waals surface area (Å²) in [6.07, 6.45) is 2.87. The fraction of sp³-hybridized carbons (Fsp3) is 0.571. The van der Waals surface area contributed by atoms with E-state index < -0.39 is 29.6 Å². The molecule has 0 amide bonds. The molecule has 1 N–H and O–H groups in total. The van der Waals surface area contributed by atoms with Gasteiger partial charge in [0.15, 0.2) is 5.79 Å². The molecule has 4 atom stereocenters. The van der Waals surface area contributed by atoms with Crippen LogP contribution in [-0.4, -0.2) is 42.1 Å². The summed E-state index contributed by atoms with van der Waals surface area (Å²) in [5.41, 5.74) is 0.238. The Hall–Kier alpha value is -1.66. The maximum Gasteiger partial charge on any atom is 0.335 e. The minimum absolute atomic E-state index is 0.0619. The standard InChI is InChI=1S/C14H16O6/c1-14(2)19-10-6-4-5-7(11(10)20-14)9(13(17)18-3)8(6)12(15)16/h4-7,10-11H,1-3H3,(H,15,16)/t6-,7-,10+,11-/m1/s1. The van der Waals surface area contributed by atoms with Gasteiger partial charge in [-0.25, -0.2) is 9.59 Å². The van der Waals surface area contributed by atoms with Gasteiger partial charge in [-0.1, -0.05) is 12.2 Å². The van der Waals surface area contributed by atoms with Crippen LogP contribution >= 0.6 is 0 Å². The second-order valence-electron chi connectivity index (χ2n) is 5.63. The molecule has 0 aromatic rings. The monoisotopic (exact) mass is 280 g/mol. The molecule has 20 heavy (non-hydrogen) atoms. The van der Waals surface area contributed by atoms with Gasteiger partial charge in [0.05, 0.1) is 30.5 Å². The third-order valence-electron chi connectivity index (χ3n) is 3.99. The molecule has 4 rings (SSSR count). The summed E-state index contributed by atoms with van der Waals surface area (Å²) in [5, 5.41) is 9.43. The molecule has 1 aliphatic heterocycles. The number of carbonyl (C=O) groups excluding carboxylic acids is 1. The van der Waals surface area contributed by atoms with Crippen LogP contribution < -0.4 is 0 Å². The second-order valence-corrected chi connectivity index (χ2v) is 5.63. The zero-order valence-electron chi connectivity index (χ0n) is 11.5. The van der Waals surface area contributed by atoms with Crippen LogP contribution in [0.5, 0.6) is 0 Å². The van der Waals surface area contributed by atoms with Crippen molar-refractivity contribution < 1.29 is 28.9 Å². The van der Waals surface area contributed by atoms with E-state index >= 15 is 0 Å². The predicted molar refractivity (Wildman–Crippen MR) is 66.6 cm³/mol. The molecule has 1 fully saturated rings. The Morgan fingerprint density at radius 3 is 2.10 bits per heavy atom. The molecule has 4 aliphatic rings. The van der Waals surface area contributed by atoms with Crippen LogP contribution in [0, 0.1) is 11.8 Å². The van der Waals surface area contributed by atoms with Crippen LogP contribution in [0.2, 0.25) is 0 Å². The summed E-state index contributed by atoms with van der Waals surface area (Å²) in [7, 11) is 1.24. The lowest BCUT2D eigenvalue weighted by molar-refractivity contribution is -0.149. The van der Waals surface area contributed by atoms with Crippen LogP contribution in [0.4, 0.5) is 0 Å². The smallest absolute Gasteiger partial charge is 0.335 e. The normalized spacial score (nSPS) is 37.0. The lowest BCUT2D eigenvalue weighted by Crippen LogP contribution is -2.48. The van der Waals surface area contributed by atoms with Crippen molar-refractivity contribution in [2.75, 3.05) is 7.11 Å². The van der Waals surface area contributed by atoms with E-state index in [4.69, 9.17) is 14.2 Å². The molecule has 6 heteroatoms. The van der Waals surface area contributed by atoms with Gasteiger partial charge < -0.3 is 19.3 Å². The fourth-order valence-electron chi connectivity index (χ4n) is 3.32. The van der Waals surface area contributed by atoms with Gasteiger partial charge >= 0.3 is 11.9 Å². The zero-order valence-corrected chi connectivity index (χ0v) is 11.5. The Bertz CT molecular complexity index is 544. The summed E-state index contributed by atoms with van der Waals surface area (Å²) < 4.78 is 16.4. The molecule has 0 radical (unpaired) electrons. The van der Waals surface area contributed by atoms with Crippen molar-refractivity contribution in [1.29, 1.82) is 0 Å². The van der Waals surface area contributed by atoms with Crippen molar-refractivity contribution in [2.24, 2.45) is 11.8 Å². The van der Waals surface area contributed by atoms with Crippen molar-refractivity contribution >= 4 is 11.9 Å². The molecule has 2 bridgehead atoms. The number of carboxylic acid groups (broad SMARTS) is 1. The van der Waals surface area contributed by atoms with E-state index in [0.717, 1.165) is 0 Å². The van der Waals surface area contributed by atoms with Gasteiger partial charge in [-0.05, 0) is 13.8 Å². The second kappa shape index (κ2) is 4.17. The molecule has 108 valence electrons. The third kappa shape index (κ3) is 1.72. The summed E-state index contributed by atoms with van der Waals surface area (Å²) in [6.45, 7) is 3.56. The molecule has 1 heterocycles. The highest BCUT2D eigenvalue weighted by Crippen LogP contribution is 2.49. The molecule has 0 spiro atoms. The summed E-state index contributed by atoms with van der Waals surface area (Å²) in [4.78, 5) is 23.5. The average molecular weight is 280 g/mol. The van der Waals surface area contributed by atoms with E-state index in [1.807, 2.05) is 6.08 Å². The number of aliphatic carboxylic acids is 1. The number of methoxy groups -OCH3 is 1. The van der Waals surface area contributed by atoms with E-state index in [-0.39, 0.29) is 23.4 Å². The molecule has 0 aromatic heterocycles. The number of hydrogen-bond acceptors (Lipinski definition) is 5. The molecule has 6 nitrogen and oxygen atoms in total. The first-order valence-electron chi connectivity index (χ1n) is 6.45. The van der Waals surface area contributed by atoms with E-state index in [1.54, 1.807) is 19.9 Å². The first-order valence-corrected chi connectivity index (χ1v) is 6.45. The average Bonchev–Trinajstić information content (AvgIpc) is 2.73. The van der Waals surface area contributed by atoms with Gasteiger partial charge in [0, 0.05) is 11.8 Å². The topological polar surface area (TPSA) is 82.1 Å². The van der Waals surface area contributed by atoms with Crippen molar-refractivity contribution in [2.45, 2.75) is 31.8 Å². The number of ether oxygens (including phenoxy) is 3. The van der Waals surface area contributed by atoms with Crippen molar-refractivity contribution in [3.8, 4) is 0 Å². The molecular weight excluding hydrogens is 264 g/mol. The maximum absolute atomic E-state index is 11.9. The number of carboxylic acids is 1. The number of rotatable bonds is 2. The molecule has 0 saturated carbocycles. The first-order chi connectivity index (χ1) is 9.35. The SMILES string of the molecule is COC(=O)C1=C(C(=O)O)[C@H]2C=C[C@H]1[C@H]1OC(C)(C)O[C@H]12. The van der Waals surface area contributed by atoms with E-state index in [1.165, 1.54) is 7.11 Å². The van der Waals surface area contributed by atoms with E-state index in [9.17, 15) is 14.7 Å². The highest BCUT2D eigenvalue weighted by Gasteiger charge is 2.57. The van der Waals surface area contributed by atoms with Crippen molar-refractivity contribution in [1.82, 2.24) is 0 Å². The van der Waals surface area contributed by atoms with Crippen LogP contribution in [0.15, 0.2) is 23.3 Å². The van der Waals surface area contributed by atoms with Gasteiger partial charge in [0.1, 0.15) is 0 Å². The van der Waals surface area contributed by atoms with Crippen molar-refractivity contribution in [3.63, 3.8) is 0 Å². The van der Waals surface area contributed by atoms with Crippen LogP contribution in [0.3, 0.4) is 0 Å². The summed E-state index contributed by atoms with van der Waals surface area (Å²) in [5.74, 6) is -3.44. The Kier molecular flexibility index (Phi) is 2.78. The minimum atomic E-state index is -1.11. The van der Waals surface area contributed by atoms with Gasteiger partial charge in [-0.15, -0.1) is 0 Å². The predicted octanol–water partition coefficient (Wildman–Crippen LogP) is 0.876. The maximum atomic E-state index is 11.9. The summed E-state index contributed by atoms with van der Waals surface area (Å²) >= 11 is 0. The molecular formula is C14H16O6. The molecule has 3 aliphatic carbocycles. The van der Waals surface area contributed by atoms with Crippen LogP contribution in [0.1, 0.15) is 13.8 Å². The van der Waals surface area contributed by atoms with Crippen LogP contribution in [0.25, 0.3) is 0 Å². The minimum Gasteiger partial charge on any atom is -0.478 e. The lowest BCUT2D eigenvalue weighted by Gasteiger charge is -2.39. The molecule has 1 saturated heterocycles. The first kappa shape index (κ1) is 13.3. The lowest BCUT2D eigenvalue weighted by atomic mass is 9.68. The number of hydrogen-bond donors (Lipinski definition) is 1. The van der Waals surface area contributed by atoms with E-state index in [0.29, 0.717) is 0 Å². The Morgan fingerprint density at radius 1 is 1.15 bits per heavy atom. The quantitative estimate of drug-likeness (QED) is 0.597. The Balaban J connectivity index is 2.09. The molecule has 0 aromatic carbocycles. The Labute approximate surface area is 116 Å². The largest absolute Gasteiger partial charge is 0.478 e. The molecule has 0 unspecified atom stereocenters. The Morgan fingerprint density at radius 2 is 1.65 bits per heavy atom. The zero-order chi connectivity index (χ0) is 14.7. The van der Waals surface area contributed by atoms with Gasteiger partial charge in [0.2, 0.25) is 0 Å². The van der Waals surface area contributed by atoms with Gasteiger partial charge in [-0.3, -0.25) is 0 Å². The highest BCUT2D eigenvalue weighted by atomic mass is 16.8.